The number of nitrogens with zero attached hydrogens (tertiary/aromatic N) is 1. The van der Waals surface area contributed by atoms with Crippen molar-refractivity contribution in [3.63, 3.8) is 0 Å². The molecule has 1 saturated heterocycles. The molecule has 28 heavy (non-hydrogen) atoms. The van der Waals surface area contributed by atoms with Gasteiger partial charge in [-0.2, -0.15) is 0 Å². The molecule has 2 rings (SSSR count). The molecule has 1 heterocycles. The minimum absolute atomic E-state index is 0.224. The molecule has 1 aromatic carbocycles. The fraction of sp³-hybridized carbons (Fsp3) is 0.650. The van der Waals surface area contributed by atoms with E-state index < -0.39 is 6.10 Å². The highest BCUT2D eigenvalue weighted by Crippen LogP contribution is 2.26. The molecule has 0 radical (unpaired) electrons. The first-order chi connectivity index (χ1) is 13.7. The van der Waals surface area contributed by atoms with Gasteiger partial charge in [-0.1, -0.05) is 0 Å². The topological polar surface area (TPSA) is 93.6 Å². The Bertz CT molecular complexity index is 583. The van der Waals surface area contributed by atoms with Gasteiger partial charge in [-0.3, -0.25) is 4.99 Å². The molecule has 1 aliphatic heterocycles. The molecule has 3 N–H and O–H groups in total. The summed E-state index contributed by atoms with van der Waals surface area (Å²) in [5.41, 5.74) is 0.697. The minimum Gasteiger partial charge on any atom is -0.497 e. The van der Waals surface area contributed by atoms with Crippen LogP contribution < -0.4 is 20.1 Å². The number of aliphatic hydroxyl groups excluding tert-OH is 1. The van der Waals surface area contributed by atoms with Crippen LogP contribution in [0.5, 0.6) is 11.5 Å². The molecule has 1 aromatic rings. The van der Waals surface area contributed by atoms with Crippen LogP contribution in [0.1, 0.15) is 31.4 Å². The van der Waals surface area contributed by atoms with E-state index in [9.17, 15) is 5.11 Å². The monoisotopic (exact) mass is 395 g/mol. The van der Waals surface area contributed by atoms with Crippen LogP contribution in [0, 0.1) is 0 Å². The standard InChI is InChI=1S/C20H33N3O5/c1-4-21-20(22-7-5-8-28-16-6-9-27-14-16)23-13-19(24)15-10-17(25-2)12-18(11-15)26-3/h10-12,16,19,24H,4-9,13-14H2,1-3H3,(H2,21,22,23). The zero-order valence-electron chi connectivity index (χ0n) is 17.1. The van der Waals surface area contributed by atoms with Gasteiger partial charge in [0.05, 0.1) is 39.6 Å². The Balaban J connectivity index is 1.81. The number of rotatable bonds is 11. The van der Waals surface area contributed by atoms with E-state index in [1.54, 1.807) is 32.4 Å². The van der Waals surface area contributed by atoms with Gasteiger partial charge in [-0.25, -0.2) is 0 Å². The van der Waals surface area contributed by atoms with E-state index in [-0.39, 0.29) is 12.6 Å². The van der Waals surface area contributed by atoms with E-state index in [4.69, 9.17) is 18.9 Å². The maximum absolute atomic E-state index is 10.5. The summed E-state index contributed by atoms with van der Waals surface area (Å²) in [5.74, 6) is 1.94. The van der Waals surface area contributed by atoms with Gasteiger partial charge < -0.3 is 34.7 Å². The van der Waals surface area contributed by atoms with Gasteiger partial charge in [0.25, 0.3) is 0 Å². The summed E-state index contributed by atoms with van der Waals surface area (Å²) in [6, 6.07) is 5.34. The molecule has 0 bridgehead atoms. The Kier molecular flexibility index (Phi) is 9.88. The Morgan fingerprint density at radius 2 is 2.00 bits per heavy atom. The van der Waals surface area contributed by atoms with E-state index in [1.807, 2.05) is 6.92 Å². The van der Waals surface area contributed by atoms with E-state index in [2.05, 4.69) is 15.6 Å². The first-order valence-electron chi connectivity index (χ1n) is 9.78. The predicted octanol–water partition coefficient (Wildman–Crippen LogP) is 1.49. The van der Waals surface area contributed by atoms with Gasteiger partial charge in [-0.05, 0) is 37.5 Å². The average Bonchev–Trinajstić information content (AvgIpc) is 3.24. The number of benzene rings is 1. The van der Waals surface area contributed by atoms with Gasteiger partial charge >= 0.3 is 0 Å². The highest BCUT2D eigenvalue weighted by atomic mass is 16.5. The maximum Gasteiger partial charge on any atom is 0.191 e. The largest absolute Gasteiger partial charge is 0.497 e. The van der Waals surface area contributed by atoms with Gasteiger partial charge in [0.15, 0.2) is 5.96 Å². The number of methoxy groups -OCH3 is 2. The van der Waals surface area contributed by atoms with Crippen LogP contribution in [0.4, 0.5) is 0 Å². The molecule has 158 valence electrons. The van der Waals surface area contributed by atoms with E-state index in [0.29, 0.717) is 36.2 Å². The number of hydrogen-bond donors (Lipinski definition) is 3. The molecule has 0 saturated carbocycles. The van der Waals surface area contributed by atoms with E-state index in [1.165, 1.54) is 0 Å². The summed E-state index contributed by atoms with van der Waals surface area (Å²) in [6.45, 7) is 5.89. The third kappa shape index (κ3) is 7.53. The number of aliphatic hydroxyl groups is 1. The van der Waals surface area contributed by atoms with Gasteiger partial charge in [0, 0.05) is 32.4 Å². The lowest BCUT2D eigenvalue weighted by Gasteiger charge is -2.15. The highest BCUT2D eigenvalue weighted by molar-refractivity contribution is 5.79. The maximum atomic E-state index is 10.5. The average molecular weight is 396 g/mol. The molecule has 0 spiro atoms. The normalized spacial score (nSPS) is 18.0. The van der Waals surface area contributed by atoms with Gasteiger partial charge in [0.2, 0.25) is 0 Å². The fourth-order valence-electron chi connectivity index (χ4n) is 2.82. The third-order valence-electron chi connectivity index (χ3n) is 4.38. The van der Waals surface area contributed by atoms with E-state index >= 15 is 0 Å². The lowest BCUT2D eigenvalue weighted by Crippen LogP contribution is -2.38. The molecule has 1 fully saturated rings. The Morgan fingerprint density at radius 3 is 2.61 bits per heavy atom. The van der Waals surface area contributed by atoms with Crippen molar-refractivity contribution in [1.29, 1.82) is 0 Å². The minimum atomic E-state index is -0.759. The summed E-state index contributed by atoms with van der Waals surface area (Å²) in [5, 5.41) is 17.0. The number of guanidine groups is 1. The molecule has 0 aliphatic carbocycles. The third-order valence-corrected chi connectivity index (χ3v) is 4.38. The number of aliphatic imine (C=N–C) groups is 1. The van der Waals surface area contributed by atoms with Crippen LogP contribution in [0.25, 0.3) is 0 Å². The fourth-order valence-corrected chi connectivity index (χ4v) is 2.82. The smallest absolute Gasteiger partial charge is 0.191 e. The van der Waals surface area contributed by atoms with Crippen molar-refractivity contribution in [2.24, 2.45) is 4.99 Å². The quantitative estimate of drug-likeness (QED) is 0.297. The van der Waals surface area contributed by atoms with Crippen LogP contribution in [0.15, 0.2) is 23.2 Å². The second-order valence-corrected chi connectivity index (χ2v) is 6.52. The van der Waals surface area contributed by atoms with Crippen molar-refractivity contribution >= 4 is 5.96 Å². The number of hydrogen-bond acceptors (Lipinski definition) is 6. The summed E-state index contributed by atoms with van der Waals surface area (Å²) in [4.78, 5) is 4.48. The number of ether oxygens (including phenoxy) is 4. The predicted molar refractivity (Wildman–Crippen MR) is 108 cm³/mol. The SMILES string of the molecule is CCNC(=NCC(O)c1cc(OC)cc(OC)c1)NCCCOC1CCOC1. The zero-order chi connectivity index (χ0) is 20.2. The van der Waals surface area contributed by atoms with Crippen LogP contribution in [0.2, 0.25) is 0 Å². The van der Waals surface area contributed by atoms with E-state index in [0.717, 1.165) is 32.5 Å². The summed E-state index contributed by atoms with van der Waals surface area (Å²) < 4.78 is 21.6. The van der Waals surface area contributed by atoms with Crippen LogP contribution in [0.3, 0.4) is 0 Å². The second kappa shape index (κ2) is 12.4. The molecule has 1 aliphatic rings. The van der Waals surface area contributed by atoms with Crippen molar-refractivity contribution < 1.29 is 24.1 Å². The van der Waals surface area contributed by atoms with Crippen LogP contribution >= 0.6 is 0 Å². The Morgan fingerprint density at radius 1 is 1.25 bits per heavy atom. The molecule has 0 aromatic heterocycles. The molecular formula is C20H33N3O5. The summed E-state index contributed by atoms with van der Waals surface area (Å²) >= 11 is 0. The molecule has 8 heteroatoms. The molecule has 2 unspecified atom stereocenters. The summed E-state index contributed by atoms with van der Waals surface area (Å²) in [6.07, 6.45) is 1.32. The van der Waals surface area contributed by atoms with Crippen LogP contribution in [-0.2, 0) is 9.47 Å². The summed E-state index contributed by atoms with van der Waals surface area (Å²) in [7, 11) is 3.17. The first-order valence-corrected chi connectivity index (χ1v) is 9.78. The van der Waals surface area contributed by atoms with Crippen molar-refractivity contribution in [3.8, 4) is 11.5 Å². The highest BCUT2D eigenvalue weighted by Gasteiger charge is 2.15. The molecular weight excluding hydrogens is 362 g/mol. The van der Waals surface area contributed by atoms with Gasteiger partial charge in [0.1, 0.15) is 11.5 Å². The molecule has 0 amide bonds. The zero-order valence-corrected chi connectivity index (χ0v) is 17.1. The molecule has 2 atom stereocenters. The Hall–Kier alpha value is -2.03. The Labute approximate surface area is 167 Å². The second-order valence-electron chi connectivity index (χ2n) is 6.52. The van der Waals surface area contributed by atoms with Crippen molar-refractivity contribution in [3.05, 3.63) is 23.8 Å². The lowest BCUT2D eigenvalue weighted by atomic mass is 10.1. The van der Waals surface area contributed by atoms with Crippen molar-refractivity contribution in [1.82, 2.24) is 10.6 Å². The van der Waals surface area contributed by atoms with Gasteiger partial charge in [-0.15, -0.1) is 0 Å². The first kappa shape index (κ1) is 22.3. The number of nitrogens with one attached hydrogen (secondary N) is 2. The molecule has 8 nitrogen and oxygen atoms in total. The van der Waals surface area contributed by atoms with Crippen LogP contribution in [-0.4, -0.2) is 70.8 Å². The van der Waals surface area contributed by atoms with Crippen molar-refractivity contribution in [2.75, 3.05) is 53.7 Å². The van der Waals surface area contributed by atoms with Crippen molar-refractivity contribution in [2.45, 2.75) is 32.0 Å². The lowest BCUT2D eigenvalue weighted by molar-refractivity contribution is 0.0420.